The highest BCUT2D eigenvalue weighted by molar-refractivity contribution is 5.92. The van der Waals surface area contributed by atoms with E-state index in [1.54, 1.807) is 0 Å². The van der Waals surface area contributed by atoms with Crippen LogP contribution in [0.25, 0.3) is 32.8 Å². The van der Waals surface area contributed by atoms with Crippen molar-refractivity contribution in [2.24, 2.45) is 0 Å². The molecule has 0 N–H and O–H groups in total. The molecule has 0 bridgehead atoms. The Hall–Kier alpha value is -2.74. The van der Waals surface area contributed by atoms with Gasteiger partial charge in [-0.2, -0.15) is 0 Å². The highest BCUT2D eigenvalue weighted by Gasteiger charge is 2.20. The zero-order valence-corrected chi connectivity index (χ0v) is 17.7. The van der Waals surface area contributed by atoms with E-state index in [0.717, 1.165) is 11.1 Å². The molecule has 2 nitrogen and oxygen atoms in total. The van der Waals surface area contributed by atoms with E-state index in [1.165, 1.54) is 32.8 Å². The number of hydrogen-bond acceptors (Lipinski definition) is 2. The van der Waals surface area contributed by atoms with Crippen molar-refractivity contribution in [2.45, 2.75) is 52.4 Å². The summed E-state index contributed by atoms with van der Waals surface area (Å²) >= 11 is 0. The van der Waals surface area contributed by atoms with Crippen molar-refractivity contribution in [1.82, 2.24) is 9.97 Å². The van der Waals surface area contributed by atoms with Crippen molar-refractivity contribution in [3.63, 3.8) is 0 Å². The van der Waals surface area contributed by atoms with Gasteiger partial charge in [-0.1, -0.05) is 59.7 Å². The van der Waals surface area contributed by atoms with Crippen molar-refractivity contribution in [3.05, 3.63) is 72.2 Å². The van der Waals surface area contributed by atoms with Crippen LogP contribution in [0.1, 0.15) is 52.7 Å². The number of fused-ring (bicyclic) bond motifs is 2. The lowest BCUT2D eigenvalue weighted by Gasteiger charge is -2.23. The average Bonchev–Trinajstić information content (AvgIpc) is 2.64. The summed E-state index contributed by atoms with van der Waals surface area (Å²) in [6.45, 7) is 13.5. The third kappa shape index (κ3) is 3.28. The number of rotatable bonds is 1. The molecule has 0 spiro atoms. The van der Waals surface area contributed by atoms with Crippen molar-refractivity contribution < 1.29 is 0 Å². The molecule has 4 rings (SSSR count). The molecule has 2 heterocycles. The largest absolute Gasteiger partial charge is 0.264 e. The maximum atomic E-state index is 4.88. The number of pyridine rings is 2. The van der Waals surface area contributed by atoms with Gasteiger partial charge < -0.3 is 0 Å². The first kappa shape index (κ1) is 18.6. The van der Waals surface area contributed by atoms with Crippen LogP contribution >= 0.6 is 0 Å². The molecule has 2 heteroatoms. The van der Waals surface area contributed by atoms with Crippen LogP contribution in [0.15, 0.2) is 61.1 Å². The highest BCUT2D eigenvalue weighted by atomic mass is 14.7. The summed E-state index contributed by atoms with van der Waals surface area (Å²) in [6.07, 6.45) is 5.87. The quantitative estimate of drug-likeness (QED) is 0.360. The third-order valence-corrected chi connectivity index (χ3v) is 5.42. The van der Waals surface area contributed by atoms with E-state index in [2.05, 4.69) is 89.0 Å². The molecule has 0 radical (unpaired) electrons. The lowest BCUT2D eigenvalue weighted by Crippen LogP contribution is -2.12. The van der Waals surface area contributed by atoms with Gasteiger partial charge in [0.05, 0.1) is 5.52 Å². The standard InChI is InChI=1S/C26H28N2/c1-25(2,3)22-9-7-8-18-13-20(15-28-24(18)22)19-12-17-10-11-27-16-21(17)23(14-19)26(4,5)6/h7-16H,1-6H3. The molecule has 0 amide bonds. The van der Waals surface area contributed by atoms with E-state index < -0.39 is 0 Å². The molecular weight excluding hydrogens is 340 g/mol. The summed E-state index contributed by atoms with van der Waals surface area (Å²) < 4.78 is 0. The second-order valence-electron chi connectivity index (χ2n) is 9.72. The van der Waals surface area contributed by atoms with Gasteiger partial charge in [0.1, 0.15) is 0 Å². The van der Waals surface area contributed by atoms with Crippen LogP contribution in [0.3, 0.4) is 0 Å². The fourth-order valence-electron chi connectivity index (χ4n) is 3.91. The smallest absolute Gasteiger partial charge is 0.0739 e. The van der Waals surface area contributed by atoms with Crippen LogP contribution in [-0.4, -0.2) is 9.97 Å². The van der Waals surface area contributed by atoms with Gasteiger partial charge in [-0.3, -0.25) is 9.97 Å². The highest BCUT2D eigenvalue weighted by Crippen LogP contribution is 2.36. The van der Waals surface area contributed by atoms with Gasteiger partial charge >= 0.3 is 0 Å². The van der Waals surface area contributed by atoms with Crippen molar-refractivity contribution in [2.75, 3.05) is 0 Å². The summed E-state index contributed by atoms with van der Waals surface area (Å²) in [5, 5.41) is 3.64. The molecule has 2 aromatic carbocycles. The Morgan fingerprint density at radius 3 is 2.11 bits per heavy atom. The summed E-state index contributed by atoms with van der Waals surface area (Å²) in [4.78, 5) is 9.23. The van der Waals surface area contributed by atoms with E-state index in [4.69, 9.17) is 4.98 Å². The molecule has 28 heavy (non-hydrogen) atoms. The van der Waals surface area contributed by atoms with Crippen molar-refractivity contribution in [1.29, 1.82) is 0 Å². The van der Waals surface area contributed by atoms with E-state index in [1.807, 2.05) is 18.6 Å². The number of aromatic nitrogens is 2. The Bertz CT molecular complexity index is 1170. The minimum absolute atomic E-state index is 0.0426. The minimum Gasteiger partial charge on any atom is -0.264 e. The van der Waals surface area contributed by atoms with Gasteiger partial charge in [-0.25, -0.2) is 0 Å². The summed E-state index contributed by atoms with van der Waals surface area (Å²) in [6, 6.07) is 15.4. The monoisotopic (exact) mass is 368 g/mol. The fraction of sp³-hybridized carbons (Fsp3) is 0.308. The topological polar surface area (TPSA) is 25.8 Å². The number of benzene rings is 2. The van der Waals surface area contributed by atoms with Crippen LogP contribution in [0.4, 0.5) is 0 Å². The number of hydrogen-bond donors (Lipinski definition) is 0. The predicted octanol–water partition coefficient (Wildman–Crippen LogP) is 7.05. The molecule has 2 aromatic heterocycles. The van der Waals surface area contributed by atoms with Gasteiger partial charge in [-0.15, -0.1) is 0 Å². The maximum absolute atomic E-state index is 4.88. The molecule has 4 aromatic rings. The van der Waals surface area contributed by atoms with Gasteiger partial charge in [-0.05, 0) is 57.2 Å². The SMILES string of the molecule is CC(C)(C)c1cc(-c2cnc3c(C(C)(C)C)cccc3c2)cc2ccncc12. The van der Waals surface area contributed by atoms with Gasteiger partial charge in [0, 0.05) is 34.9 Å². The second-order valence-corrected chi connectivity index (χ2v) is 9.72. The average molecular weight is 369 g/mol. The van der Waals surface area contributed by atoms with Gasteiger partial charge in [0.25, 0.3) is 0 Å². The lowest BCUT2D eigenvalue weighted by atomic mass is 9.82. The Balaban J connectivity index is 1.94. The minimum atomic E-state index is 0.0426. The molecule has 0 saturated heterocycles. The normalized spacial score (nSPS) is 12.6. The Labute approximate surface area is 167 Å². The second kappa shape index (κ2) is 6.41. The van der Waals surface area contributed by atoms with Crippen LogP contribution in [0.5, 0.6) is 0 Å². The van der Waals surface area contributed by atoms with E-state index in [-0.39, 0.29) is 10.8 Å². The number of nitrogens with zero attached hydrogens (tertiary/aromatic N) is 2. The Morgan fingerprint density at radius 1 is 0.679 bits per heavy atom. The molecule has 0 aliphatic heterocycles. The molecule has 0 aliphatic carbocycles. The molecular formula is C26H28N2. The van der Waals surface area contributed by atoms with Gasteiger partial charge in [0.2, 0.25) is 0 Å². The first-order chi connectivity index (χ1) is 13.1. The van der Waals surface area contributed by atoms with Crippen LogP contribution < -0.4 is 0 Å². The van der Waals surface area contributed by atoms with Crippen molar-refractivity contribution in [3.8, 4) is 11.1 Å². The Kier molecular flexibility index (Phi) is 4.26. The van der Waals surface area contributed by atoms with Crippen LogP contribution in [0.2, 0.25) is 0 Å². The summed E-state index contributed by atoms with van der Waals surface area (Å²) in [7, 11) is 0. The van der Waals surface area contributed by atoms with Crippen LogP contribution in [0, 0.1) is 0 Å². The molecule has 0 atom stereocenters. The first-order valence-corrected chi connectivity index (χ1v) is 9.92. The Morgan fingerprint density at radius 2 is 1.39 bits per heavy atom. The number of para-hydroxylation sites is 1. The molecule has 0 aliphatic rings. The zero-order chi connectivity index (χ0) is 20.1. The predicted molar refractivity (Wildman–Crippen MR) is 120 cm³/mol. The van der Waals surface area contributed by atoms with E-state index in [0.29, 0.717) is 0 Å². The third-order valence-electron chi connectivity index (χ3n) is 5.42. The molecule has 142 valence electrons. The maximum Gasteiger partial charge on any atom is 0.0739 e. The molecule has 0 fully saturated rings. The first-order valence-electron chi connectivity index (χ1n) is 9.92. The summed E-state index contributed by atoms with van der Waals surface area (Å²) in [5.41, 5.74) is 6.18. The van der Waals surface area contributed by atoms with Crippen LogP contribution in [-0.2, 0) is 10.8 Å². The summed E-state index contributed by atoms with van der Waals surface area (Å²) in [5.74, 6) is 0. The molecule has 0 unspecified atom stereocenters. The molecule has 0 saturated carbocycles. The zero-order valence-electron chi connectivity index (χ0n) is 17.7. The van der Waals surface area contributed by atoms with E-state index >= 15 is 0 Å². The van der Waals surface area contributed by atoms with Crippen molar-refractivity contribution >= 4 is 21.7 Å². The van der Waals surface area contributed by atoms with E-state index in [9.17, 15) is 0 Å². The van der Waals surface area contributed by atoms with Gasteiger partial charge in [0.15, 0.2) is 0 Å². The fourth-order valence-corrected chi connectivity index (χ4v) is 3.91. The lowest BCUT2D eigenvalue weighted by molar-refractivity contribution is 0.594.